The predicted octanol–water partition coefficient (Wildman–Crippen LogP) is 2.89. The van der Waals surface area contributed by atoms with Crippen molar-refractivity contribution in [3.05, 3.63) is 64.1 Å². The lowest BCUT2D eigenvalue weighted by Crippen LogP contribution is -2.26. The zero-order valence-electron chi connectivity index (χ0n) is 15.4. The number of fused-ring (bicyclic) bond motifs is 3. The normalized spacial score (nSPS) is 17.7. The van der Waals surface area contributed by atoms with Gasteiger partial charge in [0.1, 0.15) is 22.7 Å². The lowest BCUT2D eigenvalue weighted by molar-refractivity contribution is 0.278. The van der Waals surface area contributed by atoms with Gasteiger partial charge in [-0.1, -0.05) is 32.6 Å². The molecule has 2 aliphatic heterocycles. The third-order valence-electron chi connectivity index (χ3n) is 4.41. The number of hydrogen-bond acceptors (Lipinski definition) is 6. The van der Waals surface area contributed by atoms with E-state index in [1.807, 2.05) is 13.8 Å². The van der Waals surface area contributed by atoms with Crippen LogP contribution in [-0.4, -0.2) is 31.9 Å². The molecule has 1 aromatic carbocycles. The Morgan fingerprint density at radius 2 is 2.11 bits per heavy atom. The third-order valence-corrected chi connectivity index (χ3v) is 5.65. The summed E-state index contributed by atoms with van der Waals surface area (Å²) < 4.78 is 14.5. The van der Waals surface area contributed by atoms with Crippen LogP contribution in [0, 0.1) is 5.82 Å². The maximum Gasteiger partial charge on any atom is 0.297 e. The summed E-state index contributed by atoms with van der Waals surface area (Å²) in [6.45, 7) is 9.65. The first-order valence-corrected chi connectivity index (χ1v) is 9.96. The van der Waals surface area contributed by atoms with E-state index in [1.165, 1.54) is 16.7 Å². The SMILES string of the molecule is C=C(NCc1ccc(F)cc1)c1nc2n(c(=O)c1O)CN1CCSC21.CC. The molecule has 1 aromatic heterocycles. The second kappa shape index (κ2) is 8.14. The van der Waals surface area contributed by atoms with Gasteiger partial charge < -0.3 is 10.4 Å². The van der Waals surface area contributed by atoms with Crippen molar-refractivity contribution in [2.45, 2.75) is 32.4 Å². The van der Waals surface area contributed by atoms with E-state index in [4.69, 9.17) is 0 Å². The molecule has 1 atom stereocenters. The second-order valence-electron chi connectivity index (χ2n) is 6.04. The number of rotatable bonds is 4. The number of nitrogens with one attached hydrogen (secondary N) is 1. The highest BCUT2D eigenvalue weighted by atomic mass is 32.2. The van der Waals surface area contributed by atoms with E-state index in [2.05, 4.69) is 21.8 Å². The fraction of sp³-hybridized carbons (Fsp3) is 0.368. The van der Waals surface area contributed by atoms with Crippen LogP contribution in [0.1, 0.15) is 36.3 Å². The summed E-state index contributed by atoms with van der Waals surface area (Å²) in [6, 6.07) is 6.08. The van der Waals surface area contributed by atoms with Crippen molar-refractivity contribution in [1.29, 1.82) is 0 Å². The number of hydrogen-bond donors (Lipinski definition) is 2. The molecular weight excluding hydrogens is 367 g/mol. The summed E-state index contributed by atoms with van der Waals surface area (Å²) in [5, 5.41) is 13.4. The molecule has 0 saturated carbocycles. The summed E-state index contributed by atoms with van der Waals surface area (Å²) in [6.07, 6.45) is 0. The number of aromatic nitrogens is 2. The monoisotopic (exact) mass is 390 g/mol. The van der Waals surface area contributed by atoms with Crippen molar-refractivity contribution >= 4 is 17.5 Å². The maximum absolute atomic E-state index is 13.0. The molecule has 144 valence electrons. The average Bonchev–Trinajstić information content (AvgIpc) is 3.27. The number of aromatic hydroxyl groups is 1. The Morgan fingerprint density at radius 1 is 1.41 bits per heavy atom. The molecule has 2 aromatic rings. The van der Waals surface area contributed by atoms with Gasteiger partial charge in [-0.3, -0.25) is 14.3 Å². The van der Waals surface area contributed by atoms with Gasteiger partial charge in [-0.05, 0) is 17.7 Å². The minimum Gasteiger partial charge on any atom is -0.501 e. The van der Waals surface area contributed by atoms with E-state index in [9.17, 15) is 14.3 Å². The van der Waals surface area contributed by atoms with Gasteiger partial charge in [0.25, 0.3) is 5.56 Å². The molecule has 1 unspecified atom stereocenters. The van der Waals surface area contributed by atoms with Crippen LogP contribution >= 0.6 is 11.8 Å². The van der Waals surface area contributed by atoms with Crippen molar-refractivity contribution < 1.29 is 9.50 Å². The lowest BCUT2D eigenvalue weighted by atomic mass is 10.2. The third kappa shape index (κ3) is 3.72. The molecule has 1 fully saturated rings. The van der Waals surface area contributed by atoms with Gasteiger partial charge in [-0.15, -0.1) is 11.8 Å². The lowest BCUT2D eigenvalue weighted by Gasteiger charge is -2.13. The first-order chi connectivity index (χ1) is 13.0. The van der Waals surface area contributed by atoms with Gasteiger partial charge >= 0.3 is 0 Å². The van der Waals surface area contributed by atoms with Crippen molar-refractivity contribution in [2.24, 2.45) is 0 Å². The Bertz CT molecular complexity index is 898. The summed E-state index contributed by atoms with van der Waals surface area (Å²) in [5.74, 6) is 0.962. The molecular formula is C19H23FN4O2S. The summed E-state index contributed by atoms with van der Waals surface area (Å²) in [7, 11) is 0. The highest BCUT2D eigenvalue weighted by Crippen LogP contribution is 2.41. The van der Waals surface area contributed by atoms with E-state index in [-0.39, 0.29) is 16.9 Å². The van der Waals surface area contributed by atoms with E-state index in [0.29, 0.717) is 24.7 Å². The van der Waals surface area contributed by atoms with Gasteiger partial charge in [0.05, 0.1) is 12.4 Å². The second-order valence-corrected chi connectivity index (χ2v) is 7.22. The minimum atomic E-state index is -0.445. The Kier molecular flexibility index (Phi) is 5.86. The number of benzene rings is 1. The summed E-state index contributed by atoms with van der Waals surface area (Å²) in [4.78, 5) is 19.1. The Morgan fingerprint density at radius 3 is 2.81 bits per heavy atom. The van der Waals surface area contributed by atoms with Crippen LogP contribution < -0.4 is 10.9 Å². The maximum atomic E-state index is 13.0. The fourth-order valence-corrected chi connectivity index (χ4v) is 4.34. The van der Waals surface area contributed by atoms with Crippen LogP contribution in [0.5, 0.6) is 5.75 Å². The zero-order valence-corrected chi connectivity index (χ0v) is 16.2. The van der Waals surface area contributed by atoms with Gasteiger partial charge in [0, 0.05) is 18.8 Å². The number of nitrogens with zero attached hydrogens (tertiary/aromatic N) is 3. The predicted molar refractivity (Wildman–Crippen MR) is 106 cm³/mol. The molecule has 0 spiro atoms. The standard InChI is InChI=1S/C17H17FN4O2S.C2H6/c1-10(19-8-11-2-4-12(18)5-3-11)13-14(23)16(24)22-9-21-6-7-25-17(21)15(22)20-13;1-2/h2-5,17,19,23H,1,6-9H2;1-2H3. The van der Waals surface area contributed by atoms with Gasteiger partial charge in [0.2, 0.25) is 5.75 Å². The molecule has 27 heavy (non-hydrogen) atoms. The molecule has 6 nitrogen and oxygen atoms in total. The van der Waals surface area contributed by atoms with E-state index < -0.39 is 11.3 Å². The molecule has 2 aliphatic rings. The van der Waals surface area contributed by atoms with Crippen LogP contribution in [0.2, 0.25) is 0 Å². The van der Waals surface area contributed by atoms with Crippen LogP contribution in [0.3, 0.4) is 0 Å². The molecule has 0 bridgehead atoms. The average molecular weight is 390 g/mol. The summed E-state index contributed by atoms with van der Waals surface area (Å²) in [5.41, 5.74) is 0.952. The van der Waals surface area contributed by atoms with Crippen LogP contribution in [0.4, 0.5) is 4.39 Å². The van der Waals surface area contributed by atoms with Crippen LogP contribution in [-0.2, 0) is 13.2 Å². The highest BCUT2D eigenvalue weighted by Gasteiger charge is 2.38. The largest absolute Gasteiger partial charge is 0.501 e. The van der Waals surface area contributed by atoms with Gasteiger partial charge in [-0.2, -0.15) is 0 Å². The first kappa shape index (κ1) is 19.4. The quantitative estimate of drug-likeness (QED) is 0.837. The topological polar surface area (TPSA) is 70.4 Å². The van der Waals surface area contributed by atoms with Crippen molar-refractivity contribution in [3.63, 3.8) is 0 Å². The van der Waals surface area contributed by atoms with Crippen LogP contribution in [0.25, 0.3) is 5.70 Å². The van der Waals surface area contributed by atoms with Gasteiger partial charge in [-0.25, -0.2) is 9.37 Å². The molecule has 3 heterocycles. The molecule has 0 aliphatic carbocycles. The van der Waals surface area contributed by atoms with Crippen molar-refractivity contribution in [1.82, 2.24) is 19.8 Å². The smallest absolute Gasteiger partial charge is 0.297 e. The fourth-order valence-electron chi connectivity index (χ4n) is 3.06. The number of thioether (sulfide) groups is 1. The highest BCUT2D eigenvalue weighted by molar-refractivity contribution is 7.99. The number of halogens is 1. The molecule has 0 radical (unpaired) electrons. The van der Waals surface area contributed by atoms with Crippen molar-refractivity contribution in [3.8, 4) is 5.75 Å². The molecule has 0 amide bonds. The first-order valence-electron chi connectivity index (χ1n) is 8.91. The van der Waals surface area contributed by atoms with E-state index >= 15 is 0 Å². The molecule has 4 rings (SSSR count). The minimum absolute atomic E-state index is 0.0527. The Labute approximate surface area is 161 Å². The zero-order chi connectivity index (χ0) is 19.6. The van der Waals surface area contributed by atoms with Gasteiger partial charge in [0.15, 0.2) is 0 Å². The van der Waals surface area contributed by atoms with E-state index in [1.54, 1.807) is 23.9 Å². The molecule has 2 N–H and O–H groups in total. The van der Waals surface area contributed by atoms with Crippen LogP contribution in [0.15, 0.2) is 35.6 Å². The Balaban J connectivity index is 0.00000102. The van der Waals surface area contributed by atoms with Crippen molar-refractivity contribution in [2.75, 3.05) is 12.3 Å². The van der Waals surface area contributed by atoms with E-state index in [0.717, 1.165) is 17.9 Å². The molecule has 1 saturated heterocycles. The Hall–Kier alpha value is -2.32. The summed E-state index contributed by atoms with van der Waals surface area (Å²) >= 11 is 1.74. The molecule has 8 heteroatoms.